The van der Waals surface area contributed by atoms with Gasteiger partial charge in [-0.1, -0.05) is 13.3 Å². The van der Waals surface area contributed by atoms with Crippen molar-refractivity contribution in [2.45, 2.75) is 19.8 Å². The number of aliphatic imine (C=N–C) groups is 2. The first kappa shape index (κ1) is 16.5. The van der Waals surface area contributed by atoms with E-state index in [0.717, 1.165) is 37.2 Å². The zero-order chi connectivity index (χ0) is 15.9. The minimum absolute atomic E-state index is 0.256. The summed E-state index contributed by atoms with van der Waals surface area (Å²) in [7, 11) is 1.26. The molecule has 2 heterocycles. The molecule has 0 aliphatic carbocycles. The van der Waals surface area contributed by atoms with Crippen LogP contribution in [-0.4, -0.2) is 54.9 Å². The van der Waals surface area contributed by atoms with E-state index < -0.39 is 5.97 Å². The average Bonchev–Trinajstić information content (AvgIpc) is 2.86. The highest BCUT2D eigenvalue weighted by Crippen LogP contribution is 2.23. The summed E-state index contributed by atoms with van der Waals surface area (Å²) in [4.78, 5) is 33.9. The number of guanidine groups is 1. The van der Waals surface area contributed by atoms with Crippen LogP contribution >= 0.6 is 11.8 Å². The van der Waals surface area contributed by atoms with Crippen LogP contribution in [0, 0.1) is 0 Å². The molecule has 0 aromatic heterocycles. The Morgan fingerprint density at radius 1 is 1.59 bits per heavy atom. The number of unbranched alkanes of at least 4 members (excludes halogenated alkanes) is 1. The summed E-state index contributed by atoms with van der Waals surface area (Å²) in [6.45, 7) is 4.41. The van der Waals surface area contributed by atoms with Gasteiger partial charge >= 0.3 is 5.97 Å². The third kappa shape index (κ3) is 4.57. The Hall–Kier alpha value is -1.87. The number of nitrogens with one attached hydrogen (secondary N) is 2. The summed E-state index contributed by atoms with van der Waals surface area (Å²) >= 11 is 1.09. The number of thioether (sulfide) groups is 1. The zero-order valence-electron chi connectivity index (χ0n) is 12.6. The molecule has 1 amide bonds. The molecule has 0 atom stereocenters. The van der Waals surface area contributed by atoms with Crippen molar-refractivity contribution in [3.8, 4) is 0 Å². The van der Waals surface area contributed by atoms with Crippen molar-refractivity contribution in [2.75, 3.05) is 27.0 Å². The second kappa shape index (κ2) is 7.95. The van der Waals surface area contributed by atoms with Gasteiger partial charge in [-0.05, 0) is 18.2 Å². The molecular weight excluding hydrogens is 306 g/mol. The first-order chi connectivity index (χ1) is 10.6. The van der Waals surface area contributed by atoms with Gasteiger partial charge < -0.3 is 15.4 Å². The quantitative estimate of drug-likeness (QED) is 0.568. The first-order valence-corrected chi connectivity index (χ1v) is 7.82. The number of hydrogen-bond donors (Lipinski definition) is 2. The van der Waals surface area contributed by atoms with Crippen LogP contribution in [0.1, 0.15) is 19.8 Å². The second-order valence-corrected chi connectivity index (χ2v) is 5.74. The van der Waals surface area contributed by atoms with Crippen molar-refractivity contribution in [2.24, 2.45) is 9.98 Å². The van der Waals surface area contributed by atoms with Gasteiger partial charge in [0.05, 0.1) is 25.4 Å². The van der Waals surface area contributed by atoms with Gasteiger partial charge in [-0.25, -0.2) is 9.79 Å². The van der Waals surface area contributed by atoms with Crippen molar-refractivity contribution >= 4 is 34.8 Å². The third-order valence-corrected chi connectivity index (χ3v) is 3.93. The largest absolute Gasteiger partial charge is 0.466 e. The van der Waals surface area contributed by atoms with Crippen LogP contribution in [0.25, 0.3) is 0 Å². The number of rotatable bonds is 4. The molecule has 120 valence electrons. The summed E-state index contributed by atoms with van der Waals surface area (Å²) in [5.41, 5.74) is 0. The number of esters is 1. The lowest BCUT2D eigenvalue weighted by Crippen LogP contribution is -2.43. The molecule has 0 aromatic rings. The normalized spacial score (nSPS) is 22.5. The molecular formula is C13H19N5O3S. The molecule has 2 N–H and O–H groups in total. The van der Waals surface area contributed by atoms with E-state index in [-0.39, 0.29) is 10.8 Å². The fraction of sp³-hybridized carbons (Fsp3) is 0.538. The van der Waals surface area contributed by atoms with Crippen LogP contribution in [0.3, 0.4) is 0 Å². The second-order valence-electron chi connectivity index (χ2n) is 4.71. The van der Waals surface area contributed by atoms with E-state index >= 15 is 0 Å². The van der Waals surface area contributed by atoms with Gasteiger partial charge in [-0.2, -0.15) is 4.99 Å². The van der Waals surface area contributed by atoms with Crippen molar-refractivity contribution in [1.82, 2.24) is 15.5 Å². The van der Waals surface area contributed by atoms with Gasteiger partial charge in [-0.15, -0.1) is 0 Å². The Labute approximate surface area is 133 Å². The fourth-order valence-corrected chi connectivity index (χ4v) is 2.59. The standard InChI is InChI=1S/C13H19N5O3S/c1-3-4-5-18-7-14-12(15-8-18)17-13-16-11(20)9(22-13)6-10(19)21-2/h6H,3-5,7-8H2,1-2H3,(H2,14,15,16,17,20)/b9-6-. The van der Waals surface area contributed by atoms with E-state index in [1.54, 1.807) is 0 Å². The Balaban J connectivity index is 1.94. The fourth-order valence-electron chi connectivity index (χ4n) is 1.80. The van der Waals surface area contributed by atoms with Crippen molar-refractivity contribution in [3.05, 3.63) is 11.0 Å². The molecule has 9 heteroatoms. The van der Waals surface area contributed by atoms with Crippen LogP contribution in [0.2, 0.25) is 0 Å². The number of nitrogens with zero attached hydrogens (tertiary/aromatic N) is 3. The summed E-state index contributed by atoms with van der Waals surface area (Å²) in [6, 6.07) is 0. The van der Waals surface area contributed by atoms with Crippen LogP contribution in [-0.2, 0) is 14.3 Å². The van der Waals surface area contributed by atoms with E-state index in [4.69, 9.17) is 0 Å². The number of hydrogen-bond acceptors (Lipinski definition) is 8. The molecule has 0 unspecified atom stereocenters. The predicted octanol–water partition coefficient (Wildman–Crippen LogP) is 0.239. The molecule has 1 fully saturated rings. The smallest absolute Gasteiger partial charge is 0.331 e. The molecule has 2 rings (SSSR count). The topological polar surface area (TPSA) is 95.4 Å². The van der Waals surface area contributed by atoms with Crippen LogP contribution < -0.4 is 10.6 Å². The number of methoxy groups -OCH3 is 1. The maximum atomic E-state index is 11.7. The predicted molar refractivity (Wildman–Crippen MR) is 85.2 cm³/mol. The Bertz CT molecular complexity index is 544. The molecule has 0 spiro atoms. The maximum absolute atomic E-state index is 11.7. The van der Waals surface area contributed by atoms with Crippen LogP contribution in [0.4, 0.5) is 0 Å². The maximum Gasteiger partial charge on any atom is 0.331 e. The molecule has 2 aliphatic heterocycles. The number of carbonyl (C=O) groups is 2. The van der Waals surface area contributed by atoms with Gasteiger partial charge in [0.25, 0.3) is 5.91 Å². The highest BCUT2D eigenvalue weighted by molar-refractivity contribution is 8.18. The third-order valence-electron chi connectivity index (χ3n) is 3.02. The first-order valence-electron chi connectivity index (χ1n) is 7.00. The monoisotopic (exact) mass is 325 g/mol. The zero-order valence-corrected chi connectivity index (χ0v) is 13.4. The summed E-state index contributed by atoms with van der Waals surface area (Å²) in [5.74, 6) is -0.455. The lowest BCUT2D eigenvalue weighted by Gasteiger charge is -2.24. The van der Waals surface area contributed by atoms with Crippen LogP contribution in [0.15, 0.2) is 21.0 Å². The molecule has 0 bridgehead atoms. The lowest BCUT2D eigenvalue weighted by molar-refractivity contribution is -0.135. The average molecular weight is 325 g/mol. The van der Waals surface area contributed by atoms with Gasteiger partial charge in [0, 0.05) is 12.6 Å². The number of carbonyl (C=O) groups excluding carboxylic acids is 2. The van der Waals surface area contributed by atoms with Crippen molar-refractivity contribution in [3.63, 3.8) is 0 Å². The SMILES string of the molecule is CCCCN1CN=C(/N=C2\NC(=O)/C(=C/C(=O)OC)S2)NC1. The highest BCUT2D eigenvalue weighted by atomic mass is 32.2. The molecule has 0 aromatic carbocycles. The van der Waals surface area contributed by atoms with E-state index in [2.05, 4.69) is 37.2 Å². The van der Waals surface area contributed by atoms with E-state index in [0.29, 0.717) is 24.5 Å². The Morgan fingerprint density at radius 2 is 2.41 bits per heavy atom. The molecule has 8 nitrogen and oxygen atoms in total. The molecule has 1 saturated heterocycles. The lowest BCUT2D eigenvalue weighted by atomic mass is 10.3. The summed E-state index contributed by atoms with van der Waals surface area (Å²) in [5, 5.41) is 6.09. The van der Waals surface area contributed by atoms with E-state index in [1.807, 2.05) is 0 Å². The van der Waals surface area contributed by atoms with Crippen LogP contribution in [0.5, 0.6) is 0 Å². The highest BCUT2D eigenvalue weighted by Gasteiger charge is 2.25. The number of amides is 1. The van der Waals surface area contributed by atoms with Gasteiger partial charge in [-0.3, -0.25) is 9.69 Å². The molecule has 0 saturated carbocycles. The summed E-state index contributed by atoms with van der Waals surface area (Å²) < 4.78 is 4.50. The number of amidine groups is 1. The minimum Gasteiger partial charge on any atom is -0.466 e. The molecule has 22 heavy (non-hydrogen) atoms. The minimum atomic E-state index is -0.571. The van der Waals surface area contributed by atoms with E-state index in [1.165, 1.54) is 7.11 Å². The van der Waals surface area contributed by atoms with Gasteiger partial charge in [0.15, 0.2) is 5.17 Å². The van der Waals surface area contributed by atoms with Crippen molar-refractivity contribution < 1.29 is 14.3 Å². The molecule has 2 aliphatic rings. The summed E-state index contributed by atoms with van der Waals surface area (Å²) in [6.07, 6.45) is 3.42. The van der Waals surface area contributed by atoms with E-state index in [9.17, 15) is 9.59 Å². The number of ether oxygens (including phenoxy) is 1. The van der Waals surface area contributed by atoms with Crippen molar-refractivity contribution in [1.29, 1.82) is 0 Å². The molecule has 0 radical (unpaired) electrons. The Kier molecular flexibility index (Phi) is 5.96. The van der Waals surface area contributed by atoms with Gasteiger partial charge in [0.2, 0.25) is 5.96 Å². The van der Waals surface area contributed by atoms with Gasteiger partial charge in [0.1, 0.15) is 0 Å². The Morgan fingerprint density at radius 3 is 3.05 bits per heavy atom.